The van der Waals surface area contributed by atoms with Crippen molar-refractivity contribution >= 4 is 0 Å². The summed E-state index contributed by atoms with van der Waals surface area (Å²) in [7, 11) is 0. The molecule has 1 aromatic heterocycles. The normalized spacial score (nSPS) is 20.7. The van der Waals surface area contributed by atoms with E-state index in [0.717, 1.165) is 38.2 Å². The van der Waals surface area contributed by atoms with Gasteiger partial charge in [0.1, 0.15) is 0 Å². The van der Waals surface area contributed by atoms with Gasteiger partial charge in [0.2, 0.25) is 5.88 Å². The zero-order valence-corrected chi connectivity index (χ0v) is 9.83. The summed E-state index contributed by atoms with van der Waals surface area (Å²) in [6.45, 7) is 2.40. The second-order valence-corrected chi connectivity index (χ2v) is 4.41. The maximum Gasteiger partial charge on any atom is 0.417 e. The van der Waals surface area contributed by atoms with Crippen LogP contribution < -0.4 is 10.1 Å². The monoisotopic (exact) mass is 260 g/mol. The van der Waals surface area contributed by atoms with Gasteiger partial charge in [-0.3, -0.25) is 0 Å². The van der Waals surface area contributed by atoms with Crippen molar-refractivity contribution in [3.63, 3.8) is 0 Å². The van der Waals surface area contributed by atoms with Crippen molar-refractivity contribution in [1.82, 2.24) is 10.3 Å². The molecule has 100 valence electrons. The van der Waals surface area contributed by atoms with Crippen molar-refractivity contribution in [2.75, 3.05) is 19.7 Å². The average molecular weight is 260 g/mol. The van der Waals surface area contributed by atoms with Crippen molar-refractivity contribution < 1.29 is 17.9 Å². The Morgan fingerprint density at radius 3 is 2.78 bits per heavy atom. The SMILES string of the molecule is FC(F)(F)c1ccc(OC[C@H]2CCCNC2)nc1. The van der Waals surface area contributed by atoms with Crippen LogP contribution in [0, 0.1) is 5.92 Å². The van der Waals surface area contributed by atoms with Crippen LogP contribution in [0.2, 0.25) is 0 Å². The molecular formula is C12H15F3N2O. The van der Waals surface area contributed by atoms with E-state index >= 15 is 0 Å². The summed E-state index contributed by atoms with van der Waals surface area (Å²) in [5.41, 5.74) is -0.755. The molecule has 1 fully saturated rings. The predicted molar refractivity (Wildman–Crippen MR) is 60.3 cm³/mol. The zero-order valence-electron chi connectivity index (χ0n) is 9.83. The summed E-state index contributed by atoms with van der Waals surface area (Å²) in [5, 5.41) is 3.25. The van der Waals surface area contributed by atoms with Crippen LogP contribution in [0.25, 0.3) is 0 Å². The zero-order chi connectivity index (χ0) is 13.0. The minimum absolute atomic E-state index is 0.244. The van der Waals surface area contributed by atoms with Gasteiger partial charge in [0.25, 0.3) is 0 Å². The first-order valence-corrected chi connectivity index (χ1v) is 5.92. The van der Waals surface area contributed by atoms with Gasteiger partial charge in [-0.1, -0.05) is 0 Å². The highest BCUT2D eigenvalue weighted by atomic mass is 19.4. The van der Waals surface area contributed by atoms with Crippen molar-refractivity contribution in [1.29, 1.82) is 0 Å². The topological polar surface area (TPSA) is 34.1 Å². The van der Waals surface area contributed by atoms with Crippen LogP contribution >= 0.6 is 0 Å². The lowest BCUT2D eigenvalue weighted by Crippen LogP contribution is -2.33. The van der Waals surface area contributed by atoms with Gasteiger partial charge in [-0.05, 0) is 25.5 Å². The fourth-order valence-corrected chi connectivity index (χ4v) is 1.90. The van der Waals surface area contributed by atoms with Crippen LogP contribution in [0.5, 0.6) is 5.88 Å². The molecule has 18 heavy (non-hydrogen) atoms. The lowest BCUT2D eigenvalue weighted by molar-refractivity contribution is -0.137. The molecule has 1 aliphatic rings. The molecule has 0 aromatic carbocycles. The van der Waals surface area contributed by atoms with Crippen LogP contribution in [0.4, 0.5) is 13.2 Å². The van der Waals surface area contributed by atoms with E-state index in [9.17, 15) is 13.2 Å². The molecule has 0 saturated carbocycles. The molecule has 0 bridgehead atoms. The fraction of sp³-hybridized carbons (Fsp3) is 0.583. The Morgan fingerprint density at radius 2 is 2.22 bits per heavy atom. The third-order valence-corrected chi connectivity index (χ3v) is 2.93. The van der Waals surface area contributed by atoms with E-state index in [0.29, 0.717) is 12.5 Å². The molecule has 0 unspecified atom stereocenters. The molecule has 6 heteroatoms. The van der Waals surface area contributed by atoms with E-state index in [4.69, 9.17) is 4.74 Å². The standard InChI is InChI=1S/C12H15F3N2O/c13-12(14,15)10-3-4-11(17-7-10)18-8-9-2-1-5-16-6-9/h3-4,7,9,16H,1-2,5-6,8H2/t9-/m0/s1. The summed E-state index contributed by atoms with van der Waals surface area (Å²) >= 11 is 0. The van der Waals surface area contributed by atoms with Crippen LogP contribution in [-0.2, 0) is 6.18 Å². The van der Waals surface area contributed by atoms with Gasteiger partial charge in [0.15, 0.2) is 0 Å². The Hall–Kier alpha value is -1.30. The number of ether oxygens (including phenoxy) is 1. The second kappa shape index (κ2) is 5.56. The van der Waals surface area contributed by atoms with Gasteiger partial charge in [-0.2, -0.15) is 13.2 Å². The summed E-state index contributed by atoms with van der Waals surface area (Å²) in [4.78, 5) is 3.67. The Balaban J connectivity index is 1.86. The molecule has 1 saturated heterocycles. The number of aromatic nitrogens is 1. The molecule has 2 heterocycles. The van der Waals surface area contributed by atoms with E-state index in [1.807, 2.05) is 0 Å². The van der Waals surface area contributed by atoms with Gasteiger partial charge in [0.05, 0.1) is 12.2 Å². The molecule has 1 atom stereocenters. The molecular weight excluding hydrogens is 245 g/mol. The molecule has 1 N–H and O–H groups in total. The Labute approximate surface area is 103 Å². The number of hydrogen-bond acceptors (Lipinski definition) is 3. The van der Waals surface area contributed by atoms with E-state index < -0.39 is 11.7 Å². The van der Waals surface area contributed by atoms with Crippen molar-refractivity contribution in [3.05, 3.63) is 23.9 Å². The highest BCUT2D eigenvalue weighted by Gasteiger charge is 2.30. The molecule has 1 aromatic rings. The third-order valence-electron chi connectivity index (χ3n) is 2.93. The number of rotatable bonds is 3. The van der Waals surface area contributed by atoms with Gasteiger partial charge >= 0.3 is 6.18 Å². The number of pyridine rings is 1. The maximum absolute atomic E-state index is 12.3. The number of alkyl halides is 3. The quantitative estimate of drug-likeness (QED) is 0.906. The third kappa shape index (κ3) is 3.60. The number of hydrogen-bond donors (Lipinski definition) is 1. The van der Waals surface area contributed by atoms with Gasteiger partial charge < -0.3 is 10.1 Å². The molecule has 0 radical (unpaired) electrons. The second-order valence-electron chi connectivity index (χ2n) is 4.41. The molecule has 0 amide bonds. The highest BCUT2D eigenvalue weighted by Crippen LogP contribution is 2.29. The number of halogens is 3. The van der Waals surface area contributed by atoms with E-state index in [-0.39, 0.29) is 5.88 Å². The number of nitrogens with one attached hydrogen (secondary N) is 1. The number of piperidine rings is 1. The van der Waals surface area contributed by atoms with E-state index in [1.165, 1.54) is 6.07 Å². The van der Waals surface area contributed by atoms with Gasteiger partial charge in [-0.15, -0.1) is 0 Å². The van der Waals surface area contributed by atoms with Gasteiger partial charge in [-0.25, -0.2) is 4.98 Å². The fourth-order valence-electron chi connectivity index (χ4n) is 1.90. The summed E-state index contributed by atoms with van der Waals surface area (Å²) in [6, 6.07) is 2.25. The minimum atomic E-state index is -4.35. The Kier molecular flexibility index (Phi) is 4.06. The highest BCUT2D eigenvalue weighted by molar-refractivity contribution is 5.20. The first-order chi connectivity index (χ1) is 8.55. The van der Waals surface area contributed by atoms with E-state index in [2.05, 4.69) is 10.3 Å². The molecule has 0 spiro atoms. The maximum atomic E-state index is 12.3. The summed E-state index contributed by atoms with van der Waals surface area (Å²) in [6.07, 6.45) is -1.37. The molecule has 2 rings (SSSR count). The van der Waals surface area contributed by atoms with Crippen LogP contribution in [0.3, 0.4) is 0 Å². The van der Waals surface area contributed by atoms with Gasteiger partial charge in [0, 0.05) is 24.7 Å². The average Bonchev–Trinajstić information content (AvgIpc) is 2.37. The van der Waals surface area contributed by atoms with Crippen molar-refractivity contribution in [2.24, 2.45) is 5.92 Å². The number of nitrogens with zero attached hydrogens (tertiary/aromatic N) is 1. The van der Waals surface area contributed by atoms with E-state index in [1.54, 1.807) is 0 Å². The van der Waals surface area contributed by atoms with Crippen LogP contribution in [0.1, 0.15) is 18.4 Å². The summed E-state index contributed by atoms with van der Waals surface area (Å²) < 4.78 is 42.3. The smallest absolute Gasteiger partial charge is 0.417 e. The lowest BCUT2D eigenvalue weighted by atomic mass is 10.0. The van der Waals surface area contributed by atoms with Crippen LogP contribution in [0.15, 0.2) is 18.3 Å². The van der Waals surface area contributed by atoms with Crippen molar-refractivity contribution in [3.8, 4) is 5.88 Å². The minimum Gasteiger partial charge on any atom is -0.477 e. The lowest BCUT2D eigenvalue weighted by Gasteiger charge is -2.22. The van der Waals surface area contributed by atoms with Crippen molar-refractivity contribution in [2.45, 2.75) is 19.0 Å². The first kappa shape index (κ1) is 13.1. The molecule has 1 aliphatic heterocycles. The Morgan fingerprint density at radius 1 is 1.39 bits per heavy atom. The Bertz CT molecular complexity index is 372. The molecule has 0 aliphatic carbocycles. The van der Waals surface area contributed by atoms with Crippen LogP contribution in [-0.4, -0.2) is 24.7 Å². The predicted octanol–water partition coefficient (Wildman–Crippen LogP) is 2.48. The first-order valence-electron chi connectivity index (χ1n) is 5.92. The molecule has 3 nitrogen and oxygen atoms in total. The largest absolute Gasteiger partial charge is 0.477 e. The summed E-state index contributed by atoms with van der Waals surface area (Å²) in [5.74, 6) is 0.649.